The minimum atomic E-state index is -0.603. The monoisotopic (exact) mass is 238 g/mol. The molecule has 2 aromatic heterocycles. The first-order valence-corrected chi connectivity index (χ1v) is 5.27. The highest BCUT2D eigenvalue weighted by atomic mass is 19.1. The highest BCUT2D eigenvalue weighted by Gasteiger charge is 2.11. The third-order valence-corrected chi connectivity index (χ3v) is 2.37. The predicted molar refractivity (Wildman–Crippen MR) is 60.6 cm³/mol. The van der Waals surface area contributed by atoms with Gasteiger partial charge in [0.25, 0.3) is 0 Å². The van der Waals surface area contributed by atoms with Gasteiger partial charge in [0.1, 0.15) is 12.1 Å². The van der Waals surface area contributed by atoms with Gasteiger partial charge in [-0.1, -0.05) is 6.92 Å². The SMILES string of the molecule is CC/C(=C(F)\C=C(/C)F)c1cn2ccoc2n1. The Morgan fingerprint density at radius 3 is 2.88 bits per heavy atom. The number of allylic oxidation sites excluding steroid dienone is 4. The molecular weight excluding hydrogens is 226 g/mol. The van der Waals surface area contributed by atoms with Crippen LogP contribution in [0.25, 0.3) is 11.4 Å². The summed E-state index contributed by atoms with van der Waals surface area (Å²) in [6, 6.07) is 0. The van der Waals surface area contributed by atoms with Crippen LogP contribution in [0.4, 0.5) is 8.78 Å². The van der Waals surface area contributed by atoms with Crippen molar-refractivity contribution >= 4 is 11.4 Å². The van der Waals surface area contributed by atoms with E-state index < -0.39 is 11.7 Å². The zero-order valence-corrected chi connectivity index (χ0v) is 9.58. The Labute approximate surface area is 97.1 Å². The van der Waals surface area contributed by atoms with Gasteiger partial charge in [0.15, 0.2) is 0 Å². The van der Waals surface area contributed by atoms with Gasteiger partial charge in [-0.3, -0.25) is 4.40 Å². The molecule has 0 atom stereocenters. The van der Waals surface area contributed by atoms with Crippen LogP contribution in [0.5, 0.6) is 0 Å². The molecule has 90 valence electrons. The number of halogens is 2. The molecule has 0 radical (unpaired) electrons. The first-order valence-electron chi connectivity index (χ1n) is 5.27. The van der Waals surface area contributed by atoms with Gasteiger partial charge in [0.2, 0.25) is 0 Å². The Morgan fingerprint density at radius 2 is 2.29 bits per heavy atom. The van der Waals surface area contributed by atoms with Crippen molar-refractivity contribution in [2.75, 3.05) is 0 Å². The lowest BCUT2D eigenvalue weighted by atomic mass is 10.1. The van der Waals surface area contributed by atoms with E-state index in [1.807, 2.05) is 0 Å². The Morgan fingerprint density at radius 1 is 1.53 bits per heavy atom. The third-order valence-electron chi connectivity index (χ3n) is 2.37. The van der Waals surface area contributed by atoms with Crippen molar-refractivity contribution in [3.63, 3.8) is 0 Å². The van der Waals surface area contributed by atoms with E-state index in [9.17, 15) is 8.78 Å². The normalized spacial score (nSPS) is 14.2. The van der Waals surface area contributed by atoms with E-state index in [4.69, 9.17) is 4.42 Å². The predicted octanol–water partition coefficient (Wildman–Crippen LogP) is 3.89. The second-order valence-corrected chi connectivity index (χ2v) is 3.63. The molecule has 0 aliphatic rings. The minimum Gasteiger partial charge on any atom is -0.432 e. The molecule has 2 rings (SSSR count). The Balaban J connectivity index is 2.49. The van der Waals surface area contributed by atoms with Crippen LogP contribution in [0.3, 0.4) is 0 Å². The maximum Gasteiger partial charge on any atom is 0.306 e. The van der Waals surface area contributed by atoms with E-state index in [1.54, 1.807) is 23.7 Å². The fraction of sp³-hybridized carbons (Fsp3) is 0.250. The minimum absolute atomic E-state index is 0.362. The van der Waals surface area contributed by atoms with E-state index in [0.29, 0.717) is 23.5 Å². The first-order chi connectivity index (χ1) is 8.11. The van der Waals surface area contributed by atoms with E-state index in [1.165, 1.54) is 13.2 Å². The zero-order chi connectivity index (χ0) is 12.4. The summed E-state index contributed by atoms with van der Waals surface area (Å²) in [5.41, 5.74) is 0.822. The van der Waals surface area contributed by atoms with E-state index in [-0.39, 0.29) is 0 Å². The molecule has 17 heavy (non-hydrogen) atoms. The molecule has 2 heterocycles. The van der Waals surface area contributed by atoms with Crippen molar-refractivity contribution in [1.29, 1.82) is 0 Å². The summed E-state index contributed by atoms with van der Waals surface area (Å²) >= 11 is 0. The standard InChI is InChI=1S/C12H12F2N2O/c1-3-9(10(14)6-8(2)13)11-7-16-4-5-17-12(16)15-11/h4-7H,3H2,1-2H3/b8-6+,10-9-. The number of hydrogen-bond acceptors (Lipinski definition) is 2. The molecule has 0 fully saturated rings. The van der Waals surface area contributed by atoms with Crippen molar-refractivity contribution < 1.29 is 13.2 Å². The summed E-state index contributed by atoms with van der Waals surface area (Å²) in [5.74, 6) is -0.788. The molecule has 0 unspecified atom stereocenters. The molecule has 0 saturated carbocycles. The molecule has 0 N–H and O–H groups in total. The second kappa shape index (κ2) is 4.53. The molecule has 5 heteroatoms. The average molecular weight is 238 g/mol. The number of hydrogen-bond donors (Lipinski definition) is 0. The first kappa shape index (κ1) is 11.6. The molecule has 2 aromatic rings. The van der Waals surface area contributed by atoms with Crippen molar-refractivity contribution in [2.24, 2.45) is 0 Å². The van der Waals surface area contributed by atoms with Crippen LogP contribution in [0, 0.1) is 0 Å². The van der Waals surface area contributed by atoms with E-state index in [2.05, 4.69) is 4.98 Å². The van der Waals surface area contributed by atoms with E-state index >= 15 is 0 Å². The van der Waals surface area contributed by atoms with Crippen molar-refractivity contribution in [2.45, 2.75) is 20.3 Å². The summed E-state index contributed by atoms with van der Waals surface area (Å²) in [4.78, 5) is 4.12. The van der Waals surface area contributed by atoms with Crippen molar-refractivity contribution in [3.05, 3.63) is 42.1 Å². The average Bonchev–Trinajstić information content (AvgIpc) is 2.77. The Kier molecular flexibility index (Phi) is 3.08. The highest BCUT2D eigenvalue weighted by Crippen LogP contribution is 2.24. The quantitative estimate of drug-likeness (QED) is 0.759. The van der Waals surface area contributed by atoms with Crippen molar-refractivity contribution in [1.82, 2.24) is 9.38 Å². The van der Waals surface area contributed by atoms with Gasteiger partial charge in [0.05, 0.1) is 11.5 Å². The molecular formula is C12H12F2N2O. The van der Waals surface area contributed by atoms with Crippen LogP contribution in [0.2, 0.25) is 0 Å². The van der Waals surface area contributed by atoms with Gasteiger partial charge >= 0.3 is 5.84 Å². The summed E-state index contributed by atoms with van der Waals surface area (Å²) in [5, 5.41) is 0. The number of aromatic nitrogens is 2. The fourth-order valence-electron chi connectivity index (χ4n) is 1.61. The zero-order valence-electron chi connectivity index (χ0n) is 9.58. The molecule has 3 nitrogen and oxygen atoms in total. The fourth-order valence-corrected chi connectivity index (χ4v) is 1.61. The number of imidazole rings is 1. The van der Waals surface area contributed by atoms with Crippen LogP contribution in [-0.4, -0.2) is 9.38 Å². The molecule has 0 aliphatic heterocycles. The smallest absolute Gasteiger partial charge is 0.306 e. The van der Waals surface area contributed by atoms with Gasteiger partial charge in [-0.25, -0.2) is 8.78 Å². The second-order valence-electron chi connectivity index (χ2n) is 3.63. The Bertz CT molecular complexity index is 560. The summed E-state index contributed by atoms with van der Waals surface area (Å²) in [6.45, 7) is 2.99. The van der Waals surface area contributed by atoms with Gasteiger partial charge in [-0.2, -0.15) is 4.98 Å². The van der Waals surface area contributed by atoms with Crippen LogP contribution in [-0.2, 0) is 0 Å². The number of fused-ring (bicyclic) bond motifs is 1. The van der Waals surface area contributed by atoms with Gasteiger partial charge in [-0.05, 0) is 13.3 Å². The molecule has 0 aromatic carbocycles. The topological polar surface area (TPSA) is 30.4 Å². The lowest BCUT2D eigenvalue weighted by Gasteiger charge is -2.00. The summed E-state index contributed by atoms with van der Waals surface area (Å²) < 4.78 is 33.1. The van der Waals surface area contributed by atoms with Crippen LogP contribution in [0.15, 0.2) is 40.8 Å². The lowest BCUT2D eigenvalue weighted by Crippen LogP contribution is -1.86. The van der Waals surface area contributed by atoms with Crippen LogP contribution in [0.1, 0.15) is 26.0 Å². The highest BCUT2D eigenvalue weighted by molar-refractivity contribution is 5.67. The van der Waals surface area contributed by atoms with Gasteiger partial charge in [0, 0.05) is 24.0 Å². The molecule has 0 amide bonds. The molecule has 0 spiro atoms. The Hall–Kier alpha value is -1.91. The lowest BCUT2D eigenvalue weighted by molar-refractivity contribution is 0.595. The van der Waals surface area contributed by atoms with Crippen LogP contribution < -0.4 is 0 Å². The maximum atomic E-state index is 13.7. The van der Waals surface area contributed by atoms with E-state index in [0.717, 1.165) is 6.08 Å². The van der Waals surface area contributed by atoms with Crippen LogP contribution >= 0.6 is 0 Å². The van der Waals surface area contributed by atoms with Gasteiger partial charge < -0.3 is 4.42 Å². The number of nitrogens with zero attached hydrogens (tertiary/aromatic N) is 2. The molecule has 0 bridgehead atoms. The molecule has 0 saturated heterocycles. The number of oxazole rings is 1. The molecule has 0 aliphatic carbocycles. The number of rotatable bonds is 3. The summed E-state index contributed by atoms with van der Waals surface area (Å²) in [7, 11) is 0. The van der Waals surface area contributed by atoms with Gasteiger partial charge in [-0.15, -0.1) is 0 Å². The summed E-state index contributed by atoms with van der Waals surface area (Å²) in [6.07, 6.45) is 6.10. The van der Waals surface area contributed by atoms with Crippen molar-refractivity contribution in [3.8, 4) is 0 Å². The largest absolute Gasteiger partial charge is 0.432 e. The maximum absolute atomic E-state index is 13.7. The third kappa shape index (κ3) is 2.27.